The lowest BCUT2D eigenvalue weighted by molar-refractivity contribution is -0.127. The van der Waals surface area contributed by atoms with E-state index in [1.54, 1.807) is 31.2 Å². The lowest BCUT2D eigenvalue weighted by atomic mass is 10.0. The summed E-state index contributed by atoms with van der Waals surface area (Å²) < 4.78 is 5.59. The van der Waals surface area contributed by atoms with Crippen LogP contribution in [0.1, 0.15) is 37.0 Å². The van der Waals surface area contributed by atoms with Crippen molar-refractivity contribution in [3.8, 4) is 5.75 Å². The molecule has 1 aliphatic rings. The number of hydrogen-bond acceptors (Lipinski definition) is 3. The number of amides is 1. The number of carbonyl (C=O) groups is 1. The van der Waals surface area contributed by atoms with Crippen molar-refractivity contribution in [2.24, 2.45) is 5.10 Å². The van der Waals surface area contributed by atoms with Gasteiger partial charge in [0, 0.05) is 5.02 Å². The summed E-state index contributed by atoms with van der Waals surface area (Å²) in [7, 11) is 0. The van der Waals surface area contributed by atoms with Crippen LogP contribution in [-0.2, 0) is 17.6 Å². The molecule has 2 aromatic rings. The van der Waals surface area contributed by atoms with Crippen LogP contribution < -0.4 is 10.2 Å². The highest BCUT2D eigenvalue weighted by Gasteiger charge is 2.15. The van der Waals surface area contributed by atoms with E-state index in [9.17, 15) is 4.79 Å². The average molecular weight is 357 g/mol. The van der Waals surface area contributed by atoms with Gasteiger partial charge in [-0.2, -0.15) is 5.10 Å². The molecule has 2 aromatic carbocycles. The monoisotopic (exact) mass is 356 g/mol. The van der Waals surface area contributed by atoms with Gasteiger partial charge < -0.3 is 4.74 Å². The Kier molecular flexibility index (Phi) is 5.39. The first-order chi connectivity index (χ1) is 12.0. The van der Waals surface area contributed by atoms with E-state index < -0.39 is 6.10 Å². The molecule has 5 heteroatoms. The minimum Gasteiger partial charge on any atom is -0.481 e. The number of carbonyl (C=O) groups excluding carboxylic acids is 1. The molecular weight excluding hydrogens is 336 g/mol. The molecule has 0 fully saturated rings. The smallest absolute Gasteiger partial charge is 0.280 e. The average Bonchev–Trinajstić information content (AvgIpc) is 3.07. The van der Waals surface area contributed by atoms with Gasteiger partial charge in [-0.15, -0.1) is 0 Å². The number of halogens is 1. The lowest BCUT2D eigenvalue weighted by Crippen LogP contribution is -2.33. The van der Waals surface area contributed by atoms with Crippen LogP contribution in [0.2, 0.25) is 5.02 Å². The van der Waals surface area contributed by atoms with E-state index in [1.165, 1.54) is 17.5 Å². The van der Waals surface area contributed by atoms with Gasteiger partial charge >= 0.3 is 0 Å². The van der Waals surface area contributed by atoms with Crippen molar-refractivity contribution in [1.29, 1.82) is 0 Å². The van der Waals surface area contributed by atoms with Crippen molar-refractivity contribution in [1.82, 2.24) is 5.43 Å². The van der Waals surface area contributed by atoms with Crippen molar-refractivity contribution in [3.63, 3.8) is 0 Å². The van der Waals surface area contributed by atoms with Crippen LogP contribution in [-0.4, -0.2) is 17.7 Å². The van der Waals surface area contributed by atoms with Crippen molar-refractivity contribution >= 4 is 23.2 Å². The molecule has 0 saturated carbocycles. The number of rotatable bonds is 5. The van der Waals surface area contributed by atoms with Gasteiger partial charge in [-0.05, 0) is 74.1 Å². The minimum atomic E-state index is -0.671. The van der Waals surface area contributed by atoms with Gasteiger partial charge in [0.25, 0.3) is 5.91 Å². The highest BCUT2D eigenvalue weighted by molar-refractivity contribution is 6.30. The predicted octanol–water partition coefficient (Wildman–Crippen LogP) is 4.14. The predicted molar refractivity (Wildman–Crippen MR) is 100 cm³/mol. The van der Waals surface area contributed by atoms with Gasteiger partial charge in [0.2, 0.25) is 0 Å². The Morgan fingerprint density at radius 2 is 2.00 bits per heavy atom. The second-order valence-corrected chi connectivity index (χ2v) is 6.66. The molecule has 0 unspecified atom stereocenters. The van der Waals surface area contributed by atoms with Crippen LogP contribution in [0.4, 0.5) is 0 Å². The van der Waals surface area contributed by atoms with Crippen LogP contribution in [0.5, 0.6) is 5.75 Å². The highest BCUT2D eigenvalue weighted by atomic mass is 35.5. The topological polar surface area (TPSA) is 50.7 Å². The number of hydrogen-bond donors (Lipinski definition) is 1. The van der Waals surface area contributed by atoms with E-state index in [2.05, 4.69) is 28.7 Å². The first-order valence-electron chi connectivity index (χ1n) is 8.41. The van der Waals surface area contributed by atoms with E-state index in [0.717, 1.165) is 24.1 Å². The third-order valence-electron chi connectivity index (χ3n) is 4.33. The summed E-state index contributed by atoms with van der Waals surface area (Å²) in [5, 5.41) is 4.78. The second-order valence-electron chi connectivity index (χ2n) is 6.23. The first kappa shape index (κ1) is 17.5. The largest absolute Gasteiger partial charge is 0.481 e. The van der Waals surface area contributed by atoms with Gasteiger partial charge in [0.1, 0.15) is 5.75 Å². The highest BCUT2D eigenvalue weighted by Crippen LogP contribution is 2.23. The summed E-state index contributed by atoms with van der Waals surface area (Å²) in [6.07, 6.45) is 2.81. The molecule has 130 valence electrons. The van der Waals surface area contributed by atoms with Crippen LogP contribution in [0.15, 0.2) is 47.6 Å². The summed E-state index contributed by atoms with van der Waals surface area (Å²) in [6.45, 7) is 3.57. The lowest BCUT2D eigenvalue weighted by Gasteiger charge is -2.13. The quantitative estimate of drug-likeness (QED) is 0.646. The molecule has 3 rings (SSSR count). The summed E-state index contributed by atoms with van der Waals surface area (Å²) in [5.41, 5.74) is 7.19. The fourth-order valence-electron chi connectivity index (χ4n) is 2.89. The zero-order valence-electron chi connectivity index (χ0n) is 14.4. The Labute approximate surface area is 152 Å². The van der Waals surface area contributed by atoms with E-state index in [-0.39, 0.29) is 5.91 Å². The number of benzene rings is 2. The number of nitrogens with one attached hydrogen (secondary N) is 1. The molecule has 25 heavy (non-hydrogen) atoms. The fourth-order valence-corrected chi connectivity index (χ4v) is 3.07. The molecule has 1 atom stereocenters. The Bertz CT molecular complexity index is 817. The van der Waals surface area contributed by atoms with Crippen molar-refractivity contribution in [2.75, 3.05) is 0 Å². The summed E-state index contributed by atoms with van der Waals surface area (Å²) in [6, 6.07) is 13.3. The fraction of sp³-hybridized carbons (Fsp3) is 0.300. The maximum absolute atomic E-state index is 12.2. The summed E-state index contributed by atoms with van der Waals surface area (Å²) in [4.78, 5) is 12.2. The standard InChI is InChI=1S/C20H21ClN2O2/c1-13(16-10-9-15-5-3-6-17(15)11-16)22-23-20(24)14(2)25-19-8-4-7-18(21)12-19/h4,7-12,14H,3,5-6H2,1-2H3,(H,23,24)/t14-/m1/s1. The SMILES string of the molecule is CC(=NNC(=O)[C@@H](C)Oc1cccc(Cl)c1)c1ccc2c(c1)CCC2. The second kappa shape index (κ2) is 7.70. The third-order valence-corrected chi connectivity index (χ3v) is 4.56. The Balaban J connectivity index is 1.61. The Morgan fingerprint density at radius 3 is 2.80 bits per heavy atom. The molecule has 0 saturated heterocycles. The van der Waals surface area contributed by atoms with Gasteiger partial charge in [0.05, 0.1) is 5.71 Å². The number of nitrogens with zero attached hydrogens (tertiary/aromatic N) is 1. The summed E-state index contributed by atoms with van der Waals surface area (Å²) in [5.74, 6) is 0.245. The molecule has 0 heterocycles. The zero-order valence-corrected chi connectivity index (χ0v) is 15.1. The van der Waals surface area contributed by atoms with Crippen LogP contribution in [0, 0.1) is 0 Å². The number of fused-ring (bicyclic) bond motifs is 1. The molecule has 0 aliphatic heterocycles. The Morgan fingerprint density at radius 1 is 1.20 bits per heavy atom. The maximum atomic E-state index is 12.2. The van der Waals surface area contributed by atoms with E-state index in [4.69, 9.17) is 16.3 Å². The molecule has 0 radical (unpaired) electrons. The zero-order chi connectivity index (χ0) is 17.8. The summed E-state index contributed by atoms with van der Waals surface area (Å²) >= 11 is 5.92. The molecule has 4 nitrogen and oxygen atoms in total. The van der Waals surface area contributed by atoms with E-state index in [1.807, 2.05) is 6.92 Å². The molecule has 1 amide bonds. The molecule has 1 aliphatic carbocycles. The normalized spacial score (nSPS) is 14.8. The van der Waals surface area contributed by atoms with Gasteiger partial charge in [0.15, 0.2) is 6.10 Å². The van der Waals surface area contributed by atoms with Crippen molar-refractivity contribution in [2.45, 2.75) is 39.2 Å². The molecule has 0 aromatic heterocycles. The van der Waals surface area contributed by atoms with Gasteiger partial charge in [-0.1, -0.05) is 29.8 Å². The first-order valence-corrected chi connectivity index (χ1v) is 8.79. The number of ether oxygens (including phenoxy) is 1. The minimum absolute atomic E-state index is 0.305. The maximum Gasteiger partial charge on any atom is 0.280 e. The van der Waals surface area contributed by atoms with E-state index in [0.29, 0.717) is 10.8 Å². The Hall–Kier alpha value is -2.33. The molecular formula is C20H21ClN2O2. The van der Waals surface area contributed by atoms with Crippen LogP contribution in [0.25, 0.3) is 0 Å². The van der Waals surface area contributed by atoms with Crippen molar-refractivity contribution < 1.29 is 9.53 Å². The molecule has 1 N–H and O–H groups in total. The molecule has 0 bridgehead atoms. The van der Waals surface area contributed by atoms with Crippen LogP contribution in [0.3, 0.4) is 0 Å². The third kappa shape index (κ3) is 4.40. The van der Waals surface area contributed by atoms with Crippen LogP contribution >= 0.6 is 11.6 Å². The molecule has 0 spiro atoms. The number of aryl methyl sites for hydroxylation is 2. The van der Waals surface area contributed by atoms with Crippen molar-refractivity contribution in [3.05, 3.63) is 64.2 Å². The van der Waals surface area contributed by atoms with E-state index >= 15 is 0 Å². The van der Waals surface area contributed by atoms with Gasteiger partial charge in [-0.3, -0.25) is 4.79 Å². The number of hydrazone groups is 1. The van der Waals surface area contributed by atoms with Gasteiger partial charge in [-0.25, -0.2) is 5.43 Å².